The maximum absolute atomic E-state index is 13.8. The molecule has 3 rings (SSSR count). The van der Waals surface area contributed by atoms with E-state index < -0.39 is 65.2 Å². The molecular weight excluding hydrogens is 453 g/mol. The van der Waals surface area contributed by atoms with E-state index in [0.29, 0.717) is 6.33 Å². The van der Waals surface area contributed by atoms with Gasteiger partial charge in [-0.25, -0.2) is 23.6 Å². The second kappa shape index (κ2) is 8.01. The van der Waals surface area contributed by atoms with Crippen molar-refractivity contribution in [3.05, 3.63) is 70.2 Å². The summed E-state index contributed by atoms with van der Waals surface area (Å²) in [5.74, 6) is -2.44. The van der Waals surface area contributed by atoms with Crippen LogP contribution in [0.2, 0.25) is 0 Å². The normalized spacial score (nSPS) is 13.8. The van der Waals surface area contributed by atoms with Gasteiger partial charge in [-0.2, -0.15) is 31.4 Å². The predicted octanol–water partition coefficient (Wildman–Crippen LogP) is 4.37. The number of aromatic amines is 1. The SMILES string of the molecule is [2H]C([2H])([2H])N(C(=O)Oc1c(-n2cn[nH]c2=O)cc(C(F)(F)F)cc1C(F)(F)F)c1ccc(F)cc1. The lowest BCUT2D eigenvalue weighted by Gasteiger charge is -2.22. The molecular formula is C18H11F7N4O3. The molecule has 0 spiro atoms. The van der Waals surface area contributed by atoms with Crippen LogP contribution < -0.4 is 15.3 Å². The summed E-state index contributed by atoms with van der Waals surface area (Å²) < 4.78 is 122. The van der Waals surface area contributed by atoms with E-state index in [-0.39, 0.29) is 21.6 Å². The molecule has 0 aliphatic rings. The third-order valence-corrected chi connectivity index (χ3v) is 3.97. The first-order valence-electron chi connectivity index (χ1n) is 9.72. The van der Waals surface area contributed by atoms with Crippen molar-refractivity contribution in [3.8, 4) is 11.4 Å². The molecule has 1 N–H and O–H groups in total. The third kappa shape index (κ3) is 4.58. The summed E-state index contributed by atoms with van der Waals surface area (Å²) in [7, 11) is 0. The minimum atomic E-state index is -5.56. The fourth-order valence-electron chi connectivity index (χ4n) is 2.52. The average Bonchev–Trinajstić information content (AvgIpc) is 3.12. The zero-order valence-corrected chi connectivity index (χ0v) is 15.3. The van der Waals surface area contributed by atoms with Gasteiger partial charge in [-0.3, -0.25) is 4.90 Å². The van der Waals surface area contributed by atoms with Crippen molar-refractivity contribution < 1.29 is 44.4 Å². The lowest BCUT2D eigenvalue weighted by molar-refractivity contribution is -0.143. The van der Waals surface area contributed by atoms with E-state index in [1.54, 1.807) is 5.10 Å². The highest BCUT2D eigenvalue weighted by molar-refractivity contribution is 5.89. The quantitative estimate of drug-likeness (QED) is 0.581. The van der Waals surface area contributed by atoms with Gasteiger partial charge in [-0.15, -0.1) is 0 Å². The number of anilines is 1. The van der Waals surface area contributed by atoms with Gasteiger partial charge in [0.15, 0.2) is 5.75 Å². The Balaban J connectivity index is 2.26. The van der Waals surface area contributed by atoms with Crippen LogP contribution in [0.3, 0.4) is 0 Å². The Morgan fingerprint density at radius 2 is 1.78 bits per heavy atom. The standard InChI is InChI=1S/C18H11F7N4O3/c1-28(11-4-2-10(19)3-5-11)16(31)32-14-12(18(23,24)25)6-9(17(20,21)22)7-13(14)29-8-26-27-15(29)30/h2-8H,1H3,(H,27,30)/i1D3. The summed E-state index contributed by atoms with van der Waals surface area (Å²) in [4.78, 5) is 24.6. The summed E-state index contributed by atoms with van der Waals surface area (Å²) in [6.45, 7) is -3.38. The van der Waals surface area contributed by atoms with Crippen LogP contribution in [0.15, 0.2) is 47.5 Å². The largest absolute Gasteiger partial charge is 0.420 e. The molecule has 1 aromatic heterocycles. The van der Waals surface area contributed by atoms with Crippen molar-refractivity contribution in [2.45, 2.75) is 12.4 Å². The third-order valence-electron chi connectivity index (χ3n) is 3.97. The van der Waals surface area contributed by atoms with Crippen molar-refractivity contribution in [1.82, 2.24) is 14.8 Å². The lowest BCUT2D eigenvalue weighted by atomic mass is 10.1. The van der Waals surface area contributed by atoms with Crippen LogP contribution in [-0.2, 0) is 12.4 Å². The van der Waals surface area contributed by atoms with Gasteiger partial charge in [0.1, 0.15) is 17.7 Å². The van der Waals surface area contributed by atoms with E-state index in [4.69, 9.17) is 4.11 Å². The summed E-state index contributed by atoms with van der Waals surface area (Å²) >= 11 is 0. The van der Waals surface area contributed by atoms with Crippen LogP contribution in [0.5, 0.6) is 5.75 Å². The molecule has 1 amide bonds. The van der Waals surface area contributed by atoms with Crippen molar-refractivity contribution >= 4 is 11.8 Å². The summed E-state index contributed by atoms with van der Waals surface area (Å²) in [5.41, 5.74) is -7.00. The Morgan fingerprint density at radius 1 is 1.12 bits per heavy atom. The number of halogens is 7. The molecule has 0 unspecified atom stereocenters. The monoisotopic (exact) mass is 467 g/mol. The van der Waals surface area contributed by atoms with E-state index in [1.165, 1.54) is 0 Å². The zero-order chi connectivity index (χ0) is 26.3. The van der Waals surface area contributed by atoms with Gasteiger partial charge >= 0.3 is 24.1 Å². The number of H-pyrrole nitrogens is 1. The molecule has 32 heavy (non-hydrogen) atoms. The molecule has 0 saturated carbocycles. The van der Waals surface area contributed by atoms with Gasteiger partial charge in [-0.1, -0.05) is 0 Å². The second-order valence-electron chi connectivity index (χ2n) is 6.08. The van der Waals surface area contributed by atoms with Crippen LogP contribution >= 0.6 is 0 Å². The van der Waals surface area contributed by atoms with Crippen molar-refractivity contribution in [1.29, 1.82) is 0 Å². The highest BCUT2D eigenvalue weighted by Crippen LogP contribution is 2.44. The minimum Gasteiger partial charge on any atom is -0.407 e. The van der Waals surface area contributed by atoms with E-state index in [9.17, 15) is 40.3 Å². The number of rotatable bonds is 3. The van der Waals surface area contributed by atoms with Crippen molar-refractivity contribution in [3.63, 3.8) is 0 Å². The van der Waals surface area contributed by atoms with Crippen LogP contribution in [0.4, 0.5) is 41.2 Å². The molecule has 7 nitrogen and oxygen atoms in total. The van der Waals surface area contributed by atoms with Crippen LogP contribution in [0, 0.1) is 5.82 Å². The number of amides is 1. The summed E-state index contributed by atoms with van der Waals surface area (Å²) in [6.07, 6.45) is -12.3. The molecule has 0 bridgehead atoms. The second-order valence-corrected chi connectivity index (χ2v) is 6.08. The zero-order valence-electron chi connectivity index (χ0n) is 18.3. The maximum Gasteiger partial charge on any atom is 0.420 e. The highest BCUT2D eigenvalue weighted by atomic mass is 19.4. The van der Waals surface area contributed by atoms with E-state index in [1.807, 2.05) is 0 Å². The number of alkyl halides is 6. The lowest BCUT2D eigenvalue weighted by Crippen LogP contribution is -2.31. The maximum atomic E-state index is 13.8. The predicted molar refractivity (Wildman–Crippen MR) is 95.0 cm³/mol. The number of benzene rings is 2. The highest BCUT2D eigenvalue weighted by Gasteiger charge is 2.42. The van der Waals surface area contributed by atoms with Gasteiger partial charge in [0.25, 0.3) is 0 Å². The molecule has 3 aromatic rings. The Labute approximate surface area is 177 Å². The number of carbonyl (C=O) groups excluding carboxylic acids is 1. The number of aromatic nitrogens is 3. The Morgan fingerprint density at radius 3 is 2.28 bits per heavy atom. The molecule has 14 heteroatoms. The molecule has 0 atom stereocenters. The number of nitrogens with zero attached hydrogens (tertiary/aromatic N) is 3. The topological polar surface area (TPSA) is 80.2 Å². The first-order chi connectivity index (χ1) is 16.0. The Bertz CT molecular complexity index is 1300. The van der Waals surface area contributed by atoms with Gasteiger partial charge in [0, 0.05) is 16.8 Å². The average molecular weight is 467 g/mol. The molecule has 0 fully saturated rings. The van der Waals surface area contributed by atoms with E-state index in [0.717, 1.165) is 24.3 Å². The minimum absolute atomic E-state index is 0.0896. The smallest absolute Gasteiger partial charge is 0.407 e. The Hall–Kier alpha value is -3.84. The first kappa shape index (κ1) is 18.9. The molecule has 1 heterocycles. The number of hydrogen-bond acceptors (Lipinski definition) is 4. The number of ether oxygens (including phenoxy) is 1. The van der Waals surface area contributed by atoms with Crippen LogP contribution in [-0.4, -0.2) is 27.8 Å². The van der Waals surface area contributed by atoms with Gasteiger partial charge < -0.3 is 4.74 Å². The fourth-order valence-corrected chi connectivity index (χ4v) is 2.52. The van der Waals surface area contributed by atoms with Crippen LogP contribution in [0.1, 0.15) is 15.2 Å². The molecule has 0 aliphatic carbocycles. The van der Waals surface area contributed by atoms with Gasteiger partial charge in [0.05, 0.1) is 11.3 Å². The molecule has 2 aromatic carbocycles. The van der Waals surface area contributed by atoms with Gasteiger partial charge in [-0.05, 0) is 36.4 Å². The first-order valence-corrected chi connectivity index (χ1v) is 8.22. The van der Waals surface area contributed by atoms with Gasteiger partial charge in [0.2, 0.25) is 0 Å². The number of carbonyl (C=O) groups is 1. The van der Waals surface area contributed by atoms with E-state index in [2.05, 4.69) is 9.84 Å². The molecule has 0 aliphatic heterocycles. The molecule has 0 radical (unpaired) electrons. The number of nitrogens with one attached hydrogen (secondary N) is 1. The van der Waals surface area contributed by atoms with Crippen molar-refractivity contribution in [2.75, 3.05) is 11.9 Å². The van der Waals surface area contributed by atoms with E-state index >= 15 is 0 Å². The summed E-state index contributed by atoms with van der Waals surface area (Å²) in [6, 6.07) is 2.83. The van der Waals surface area contributed by atoms with Crippen molar-refractivity contribution in [2.24, 2.45) is 0 Å². The Kier molecular flexibility index (Phi) is 4.73. The number of hydrogen-bond donors (Lipinski definition) is 1. The van der Waals surface area contributed by atoms with Crippen LogP contribution in [0.25, 0.3) is 5.69 Å². The molecule has 0 saturated heterocycles. The summed E-state index contributed by atoms with van der Waals surface area (Å²) in [5, 5.41) is 4.98. The molecule has 170 valence electrons. The fraction of sp³-hybridized carbons (Fsp3) is 0.167.